The lowest BCUT2D eigenvalue weighted by Gasteiger charge is -2.12. The van der Waals surface area contributed by atoms with Gasteiger partial charge in [0.15, 0.2) is 0 Å². The van der Waals surface area contributed by atoms with E-state index >= 15 is 0 Å². The second-order valence-corrected chi connectivity index (χ2v) is 4.07. The zero-order valence-corrected chi connectivity index (χ0v) is 10.7. The topological polar surface area (TPSA) is 73.1 Å². The molecule has 5 nitrogen and oxygen atoms in total. The summed E-state index contributed by atoms with van der Waals surface area (Å²) in [6, 6.07) is 5.94. The highest BCUT2D eigenvalue weighted by Crippen LogP contribution is 2.33. The molecule has 2 rings (SSSR count). The van der Waals surface area contributed by atoms with Crippen molar-refractivity contribution < 1.29 is 4.74 Å². The van der Waals surface area contributed by atoms with Crippen LogP contribution in [0.5, 0.6) is 5.75 Å². The first-order chi connectivity index (χ1) is 8.65. The molecule has 0 atom stereocenters. The molecule has 0 fully saturated rings. The Balaban J connectivity index is 2.61. The van der Waals surface area contributed by atoms with Crippen molar-refractivity contribution >= 4 is 5.95 Å². The highest BCUT2D eigenvalue weighted by atomic mass is 16.5. The number of nitrogens with one attached hydrogen (secondary N) is 1. The van der Waals surface area contributed by atoms with Gasteiger partial charge in [-0.05, 0) is 37.1 Å². The molecule has 94 valence electrons. The van der Waals surface area contributed by atoms with Crippen LogP contribution >= 0.6 is 0 Å². The van der Waals surface area contributed by atoms with E-state index in [-0.39, 0.29) is 0 Å². The molecule has 0 aliphatic heterocycles. The fourth-order valence-corrected chi connectivity index (χ4v) is 1.99. The van der Waals surface area contributed by atoms with E-state index < -0.39 is 0 Å². The zero-order valence-electron chi connectivity index (χ0n) is 10.7. The van der Waals surface area contributed by atoms with Crippen LogP contribution in [0.1, 0.15) is 11.1 Å². The number of nitrogen functional groups attached to an aromatic ring is 1. The molecule has 1 aromatic heterocycles. The normalized spacial score (nSPS) is 10.2. The summed E-state index contributed by atoms with van der Waals surface area (Å²) < 4.78 is 5.45. The van der Waals surface area contributed by atoms with Crippen LogP contribution < -0.4 is 16.0 Å². The van der Waals surface area contributed by atoms with Crippen molar-refractivity contribution in [2.24, 2.45) is 5.84 Å². The third kappa shape index (κ3) is 2.26. The monoisotopic (exact) mass is 244 g/mol. The minimum Gasteiger partial charge on any atom is -0.496 e. The molecule has 1 heterocycles. The Labute approximate surface area is 106 Å². The van der Waals surface area contributed by atoms with Crippen molar-refractivity contribution in [1.29, 1.82) is 0 Å². The van der Waals surface area contributed by atoms with Gasteiger partial charge >= 0.3 is 0 Å². The molecule has 5 heteroatoms. The van der Waals surface area contributed by atoms with E-state index in [1.54, 1.807) is 13.3 Å². The SMILES string of the molecule is COc1c(C)cc(C)cc1-c1ccnc(NN)n1. The number of anilines is 1. The third-order valence-electron chi connectivity index (χ3n) is 2.68. The number of rotatable bonds is 3. The van der Waals surface area contributed by atoms with Crippen molar-refractivity contribution in [3.63, 3.8) is 0 Å². The van der Waals surface area contributed by atoms with Crippen LogP contribution in [0.15, 0.2) is 24.4 Å². The molecule has 0 unspecified atom stereocenters. The smallest absolute Gasteiger partial charge is 0.237 e. The molecule has 0 spiro atoms. The van der Waals surface area contributed by atoms with Crippen LogP contribution in [0.4, 0.5) is 5.95 Å². The second kappa shape index (κ2) is 5.01. The number of hydrogen-bond donors (Lipinski definition) is 2. The van der Waals surface area contributed by atoms with E-state index in [9.17, 15) is 0 Å². The number of hydrazine groups is 1. The molecule has 1 aromatic carbocycles. The predicted molar refractivity (Wildman–Crippen MR) is 71.3 cm³/mol. The molecule has 0 aliphatic carbocycles. The molecule has 0 radical (unpaired) electrons. The number of nitrogens with zero attached hydrogens (tertiary/aromatic N) is 2. The van der Waals surface area contributed by atoms with E-state index in [0.717, 1.165) is 28.1 Å². The van der Waals surface area contributed by atoms with Crippen molar-refractivity contribution in [2.45, 2.75) is 13.8 Å². The summed E-state index contributed by atoms with van der Waals surface area (Å²) >= 11 is 0. The lowest BCUT2D eigenvalue weighted by Crippen LogP contribution is -2.10. The van der Waals surface area contributed by atoms with Gasteiger partial charge in [-0.25, -0.2) is 15.8 Å². The van der Waals surface area contributed by atoms with E-state index in [1.165, 1.54) is 0 Å². The first-order valence-corrected chi connectivity index (χ1v) is 5.61. The van der Waals surface area contributed by atoms with Crippen LogP contribution in [0.25, 0.3) is 11.3 Å². The predicted octanol–water partition coefficient (Wildman–Crippen LogP) is 2.05. The number of aromatic nitrogens is 2. The molecular weight excluding hydrogens is 228 g/mol. The molecule has 0 saturated carbocycles. The van der Waals surface area contributed by atoms with E-state index in [4.69, 9.17) is 10.6 Å². The summed E-state index contributed by atoms with van der Waals surface area (Å²) in [5.41, 5.74) is 6.39. The number of benzene rings is 1. The van der Waals surface area contributed by atoms with Crippen molar-refractivity contribution in [3.05, 3.63) is 35.5 Å². The Morgan fingerprint density at radius 3 is 2.72 bits per heavy atom. The summed E-state index contributed by atoms with van der Waals surface area (Å²) in [7, 11) is 1.66. The average Bonchev–Trinajstić information content (AvgIpc) is 2.38. The van der Waals surface area contributed by atoms with Gasteiger partial charge in [0.1, 0.15) is 5.75 Å². The highest BCUT2D eigenvalue weighted by Gasteiger charge is 2.11. The summed E-state index contributed by atoms with van der Waals surface area (Å²) in [6.07, 6.45) is 1.66. The number of ether oxygens (including phenoxy) is 1. The van der Waals surface area contributed by atoms with Gasteiger partial charge in [-0.3, -0.25) is 5.43 Å². The van der Waals surface area contributed by atoms with Crippen molar-refractivity contribution in [2.75, 3.05) is 12.5 Å². The maximum Gasteiger partial charge on any atom is 0.237 e. The first kappa shape index (κ1) is 12.3. The number of nitrogens with two attached hydrogens (primary N) is 1. The average molecular weight is 244 g/mol. The van der Waals surface area contributed by atoms with Gasteiger partial charge in [-0.1, -0.05) is 6.07 Å². The Morgan fingerprint density at radius 2 is 2.06 bits per heavy atom. The Kier molecular flexibility index (Phi) is 3.43. The van der Waals surface area contributed by atoms with Gasteiger partial charge < -0.3 is 4.74 Å². The van der Waals surface area contributed by atoms with Crippen LogP contribution in [0, 0.1) is 13.8 Å². The van der Waals surface area contributed by atoms with Crippen LogP contribution in [0.3, 0.4) is 0 Å². The Hall–Kier alpha value is -2.14. The quantitative estimate of drug-likeness (QED) is 0.638. The third-order valence-corrected chi connectivity index (χ3v) is 2.68. The summed E-state index contributed by atoms with van der Waals surface area (Å²) in [6.45, 7) is 4.05. The van der Waals surface area contributed by atoms with Gasteiger partial charge in [0.05, 0.1) is 12.8 Å². The molecule has 2 aromatic rings. The molecule has 0 amide bonds. The molecule has 0 aliphatic rings. The summed E-state index contributed by atoms with van der Waals surface area (Å²) in [5, 5.41) is 0. The standard InChI is InChI=1S/C13H16N4O/c1-8-6-9(2)12(18-3)10(7-8)11-4-5-15-13(16-11)17-14/h4-7H,14H2,1-3H3,(H,15,16,17). The molecule has 0 bridgehead atoms. The van der Waals surface area contributed by atoms with Gasteiger partial charge in [-0.15, -0.1) is 0 Å². The van der Waals surface area contributed by atoms with E-state index in [0.29, 0.717) is 5.95 Å². The lowest BCUT2D eigenvalue weighted by atomic mass is 10.0. The number of hydrogen-bond acceptors (Lipinski definition) is 5. The van der Waals surface area contributed by atoms with E-state index in [2.05, 4.69) is 21.5 Å². The van der Waals surface area contributed by atoms with Crippen LogP contribution in [-0.2, 0) is 0 Å². The maximum absolute atomic E-state index is 5.45. The zero-order chi connectivity index (χ0) is 13.1. The van der Waals surface area contributed by atoms with E-state index in [1.807, 2.05) is 26.0 Å². The minimum absolute atomic E-state index is 0.383. The second-order valence-electron chi connectivity index (χ2n) is 4.07. The largest absolute Gasteiger partial charge is 0.496 e. The van der Waals surface area contributed by atoms with Crippen LogP contribution in [-0.4, -0.2) is 17.1 Å². The first-order valence-electron chi connectivity index (χ1n) is 5.61. The molecule has 18 heavy (non-hydrogen) atoms. The number of methoxy groups -OCH3 is 1. The Bertz CT molecular complexity index is 569. The van der Waals surface area contributed by atoms with Gasteiger partial charge in [0.25, 0.3) is 0 Å². The lowest BCUT2D eigenvalue weighted by molar-refractivity contribution is 0.413. The molecule has 3 N–H and O–H groups in total. The molecular formula is C13H16N4O. The summed E-state index contributed by atoms with van der Waals surface area (Å²) in [5.74, 6) is 6.53. The van der Waals surface area contributed by atoms with Crippen molar-refractivity contribution in [1.82, 2.24) is 9.97 Å². The summed E-state index contributed by atoms with van der Waals surface area (Å²) in [4.78, 5) is 8.32. The molecule has 0 saturated heterocycles. The maximum atomic E-state index is 5.45. The van der Waals surface area contributed by atoms with Crippen molar-refractivity contribution in [3.8, 4) is 17.0 Å². The highest BCUT2D eigenvalue weighted by molar-refractivity contribution is 5.70. The van der Waals surface area contributed by atoms with Gasteiger partial charge in [0.2, 0.25) is 5.95 Å². The fourth-order valence-electron chi connectivity index (χ4n) is 1.99. The number of aryl methyl sites for hydroxylation is 2. The van der Waals surface area contributed by atoms with Gasteiger partial charge in [-0.2, -0.15) is 0 Å². The van der Waals surface area contributed by atoms with Crippen LogP contribution in [0.2, 0.25) is 0 Å². The minimum atomic E-state index is 0.383. The fraction of sp³-hybridized carbons (Fsp3) is 0.231. The Morgan fingerprint density at radius 1 is 1.28 bits per heavy atom. The van der Waals surface area contributed by atoms with Gasteiger partial charge in [0, 0.05) is 11.8 Å².